The molecule has 4 rings (SSSR count). The van der Waals surface area contributed by atoms with E-state index in [1.165, 1.54) is 0 Å². The fourth-order valence-corrected chi connectivity index (χ4v) is 4.53. The first kappa shape index (κ1) is 22.1. The molecular formula is C24H24BrN3O4. The maximum absolute atomic E-state index is 13.5. The summed E-state index contributed by atoms with van der Waals surface area (Å²) in [5.41, 5.74) is 3.34. The Morgan fingerprint density at radius 2 is 2.00 bits per heavy atom. The molecule has 1 atom stereocenters. The number of rotatable bonds is 5. The topological polar surface area (TPSA) is 89.6 Å². The number of hydrogen-bond donors (Lipinski definition) is 2. The van der Waals surface area contributed by atoms with Gasteiger partial charge in [0.1, 0.15) is 17.3 Å². The van der Waals surface area contributed by atoms with Gasteiger partial charge in [-0.3, -0.25) is 9.59 Å². The fraction of sp³-hybridized carbons (Fsp3) is 0.292. The van der Waals surface area contributed by atoms with E-state index in [0.717, 1.165) is 23.0 Å². The lowest BCUT2D eigenvalue weighted by molar-refractivity contribution is -0.116. The van der Waals surface area contributed by atoms with E-state index < -0.39 is 5.92 Å². The minimum atomic E-state index is -0.584. The van der Waals surface area contributed by atoms with Crippen molar-refractivity contribution in [3.63, 3.8) is 0 Å². The number of ether oxygens (including phenoxy) is 2. The number of carbonyl (C=O) groups is 2. The number of halogens is 1. The van der Waals surface area contributed by atoms with Gasteiger partial charge in [0.2, 0.25) is 0 Å². The fourth-order valence-electron chi connectivity index (χ4n) is 4.29. The molecule has 0 saturated carbocycles. The molecule has 2 N–H and O–H groups in total. The summed E-state index contributed by atoms with van der Waals surface area (Å²) in [7, 11) is 3.16. The Balaban J connectivity index is 1.85. The van der Waals surface area contributed by atoms with E-state index in [2.05, 4.69) is 31.5 Å². The normalized spacial score (nSPS) is 18.1. The number of carbonyl (C=O) groups excluding carboxylic acids is 2. The van der Waals surface area contributed by atoms with Crippen LogP contribution >= 0.6 is 15.9 Å². The monoisotopic (exact) mass is 497 g/mol. The van der Waals surface area contributed by atoms with Crippen molar-refractivity contribution in [3.05, 3.63) is 69.1 Å². The van der Waals surface area contributed by atoms with Crippen LogP contribution in [0.15, 0.2) is 63.5 Å². The number of pyridine rings is 1. The number of aromatic nitrogens is 1. The lowest BCUT2D eigenvalue weighted by Crippen LogP contribution is -2.35. The van der Waals surface area contributed by atoms with Crippen molar-refractivity contribution in [2.24, 2.45) is 0 Å². The SMILES string of the molecule is COc1ccc(OC)c([C@@H]2C(C(=O)Nc3ccc(Br)cn3)=C(C)NC3=C2C(=O)CCC3)c1. The Hall–Kier alpha value is -3.13. The minimum Gasteiger partial charge on any atom is -0.497 e. The zero-order valence-electron chi connectivity index (χ0n) is 18.1. The van der Waals surface area contributed by atoms with Gasteiger partial charge < -0.3 is 20.1 Å². The number of dihydropyridines is 1. The number of anilines is 1. The molecule has 7 nitrogen and oxygen atoms in total. The van der Waals surface area contributed by atoms with Gasteiger partial charge in [-0.1, -0.05) is 0 Å². The predicted molar refractivity (Wildman–Crippen MR) is 125 cm³/mol. The van der Waals surface area contributed by atoms with Crippen molar-refractivity contribution in [2.45, 2.75) is 32.1 Å². The molecule has 8 heteroatoms. The third-order valence-corrected chi connectivity index (χ3v) is 6.21. The lowest BCUT2D eigenvalue weighted by atomic mass is 9.74. The molecule has 1 aromatic heterocycles. The quantitative estimate of drug-likeness (QED) is 0.633. The van der Waals surface area contributed by atoms with E-state index in [0.29, 0.717) is 46.1 Å². The molecule has 0 radical (unpaired) electrons. The van der Waals surface area contributed by atoms with Gasteiger partial charge in [-0.25, -0.2) is 4.98 Å². The zero-order chi connectivity index (χ0) is 22.8. The van der Waals surface area contributed by atoms with Crippen LogP contribution in [-0.4, -0.2) is 30.9 Å². The van der Waals surface area contributed by atoms with Gasteiger partial charge in [0, 0.05) is 45.2 Å². The van der Waals surface area contributed by atoms with E-state index in [4.69, 9.17) is 9.47 Å². The Morgan fingerprint density at radius 1 is 1.19 bits per heavy atom. The molecule has 1 aliphatic heterocycles. The first-order chi connectivity index (χ1) is 15.4. The first-order valence-corrected chi connectivity index (χ1v) is 11.1. The summed E-state index contributed by atoms with van der Waals surface area (Å²) in [5.74, 6) is 0.751. The number of amides is 1. The van der Waals surface area contributed by atoms with Crippen LogP contribution in [-0.2, 0) is 9.59 Å². The molecule has 0 unspecified atom stereocenters. The van der Waals surface area contributed by atoms with Crippen LogP contribution in [0.4, 0.5) is 5.82 Å². The first-order valence-electron chi connectivity index (χ1n) is 10.3. The molecular weight excluding hydrogens is 474 g/mol. The summed E-state index contributed by atoms with van der Waals surface area (Å²) < 4.78 is 11.9. The predicted octanol–water partition coefficient (Wildman–Crippen LogP) is 4.47. The lowest BCUT2D eigenvalue weighted by Gasteiger charge is -2.35. The van der Waals surface area contributed by atoms with Gasteiger partial charge >= 0.3 is 0 Å². The van der Waals surface area contributed by atoms with E-state index in [1.54, 1.807) is 44.7 Å². The van der Waals surface area contributed by atoms with E-state index >= 15 is 0 Å². The summed E-state index contributed by atoms with van der Waals surface area (Å²) >= 11 is 3.35. The molecule has 2 aliphatic rings. The van der Waals surface area contributed by atoms with Crippen molar-refractivity contribution in [2.75, 3.05) is 19.5 Å². The number of hydrogen-bond acceptors (Lipinski definition) is 6. The molecule has 2 aromatic rings. The highest BCUT2D eigenvalue weighted by Gasteiger charge is 2.40. The second kappa shape index (κ2) is 9.16. The number of Topliss-reactive ketones (excluding diaryl/α,β-unsaturated/α-hetero) is 1. The molecule has 32 heavy (non-hydrogen) atoms. The average molecular weight is 498 g/mol. The molecule has 0 bridgehead atoms. The van der Waals surface area contributed by atoms with Gasteiger partial charge in [0.25, 0.3) is 5.91 Å². The summed E-state index contributed by atoms with van der Waals surface area (Å²) in [6, 6.07) is 8.94. The smallest absolute Gasteiger partial charge is 0.255 e. The number of allylic oxidation sites excluding steroid dienone is 3. The number of benzene rings is 1. The average Bonchev–Trinajstić information content (AvgIpc) is 2.79. The number of nitrogens with one attached hydrogen (secondary N) is 2. The highest BCUT2D eigenvalue weighted by molar-refractivity contribution is 9.10. The Kier molecular flexibility index (Phi) is 6.32. The second-order valence-corrected chi connectivity index (χ2v) is 8.60. The number of ketones is 1. The zero-order valence-corrected chi connectivity index (χ0v) is 19.7. The maximum Gasteiger partial charge on any atom is 0.255 e. The Morgan fingerprint density at radius 3 is 2.69 bits per heavy atom. The van der Waals surface area contributed by atoms with E-state index in [9.17, 15) is 9.59 Å². The second-order valence-electron chi connectivity index (χ2n) is 7.69. The van der Waals surface area contributed by atoms with Crippen LogP contribution in [0, 0.1) is 0 Å². The summed E-state index contributed by atoms with van der Waals surface area (Å²) in [6.45, 7) is 1.85. The van der Waals surface area contributed by atoms with E-state index in [-0.39, 0.29) is 11.7 Å². The molecule has 0 fully saturated rings. The molecule has 1 amide bonds. The van der Waals surface area contributed by atoms with E-state index in [1.807, 2.05) is 13.0 Å². The third-order valence-electron chi connectivity index (χ3n) is 5.74. The number of nitrogens with zero attached hydrogens (tertiary/aromatic N) is 1. The third kappa shape index (κ3) is 4.14. The van der Waals surface area contributed by atoms with Crippen LogP contribution in [0.5, 0.6) is 11.5 Å². The van der Waals surface area contributed by atoms with Gasteiger partial charge in [0.05, 0.1) is 20.1 Å². The Bertz CT molecular complexity index is 1140. The summed E-state index contributed by atoms with van der Waals surface area (Å²) in [5, 5.41) is 6.19. The highest BCUT2D eigenvalue weighted by Crippen LogP contribution is 2.46. The van der Waals surface area contributed by atoms with Crippen LogP contribution in [0.3, 0.4) is 0 Å². The van der Waals surface area contributed by atoms with Crippen LogP contribution in [0.25, 0.3) is 0 Å². The Labute approximate surface area is 195 Å². The molecule has 0 spiro atoms. The van der Waals surface area contributed by atoms with Gasteiger partial charge in [0.15, 0.2) is 5.78 Å². The van der Waals surface area contributed by atoms with Gasteiger partial charge in [-0.15, -0.1) is 0 Å². The maximum atomic E-state index is 13.5. The van der Waals surface area contributed by atoms with Crippen LogP contribution in [0.2, 0.25) is 0 Å². The molecule has 1 aliphatic carbocycles. The standard InChI is InChI=1S/C24H24BrN3O4/c1-13-21(24(30)28-20-10-7-14(25)12-26-20)22(23-17(27-13)5-4-6-18(23)29)16-11-15(31-2)8-9-19(16)32-3/h7-12,22,27H,4-6H2,1-3H3,(H,26,28,30)/t22-/m1/s1. The molecule has 0 saturated heterocycles. The van der Waals surface area contributed by atoms with Crippen LogP contribution in [0.1, 0.15) is 37.7 Å². The molecule has 166 valence electrons. The largest absolute Gasteiger partial charge is 0.497 e. The minimum absolute atomic E-state index is 0.0354. The number of methoxy groups -OCH3 is 2. The van der Waals surface area contributed by atoms with Crippen molar-refractivity contribution < 1.29 is 19.1 Å². The van der Waals surface area contributed by atoms with Crippen LogP contribution < -0.4 is 20.1 Å². The molecule has 2 heterocycles. The van der Waals surface area contributed by atoms with Crippen molar-refractivity contribution in [1.82, 2.24) is 10.3 Å². The highest BCUT2D eigenvalue weighted by atomic mass is 79.9. The van der Waals surface area contributed by atoms with Crippen molar-refractivity contribution in [1.29, 1.82) is 0 Å². The van der Waals surface area contributed by atoms with Crippen molar-refractivity contribution >= 4 is 33.4 Å². The molecule has 1 aromatic carbocycles. The van der Waals surface area contributed by atoms with Gasteiger partial charge in [-0.2, -0.15) is 0 Å². The van der Waals surface area contributed by atoms with Gasteiger partial charge in [-0.05, 0) is 66.0 Å². The summed E-state index contributed by atoms with van der Waals surface area (Å²) in [4.78, 5) is 30.9. The summed E-state index contributed by atoms with van der Waals surface area (Å²) in [6.07, 6.45) is 3.60. The van der Waals surface area contributed by atoms with Crippen molar-refractivity contribution in [3.8, 4) is 11.5 Å².